The molecule has 0 bridgehead atoms. The molecule has 22 heavy (non-hydrogen) atoms. The Morgan fingerprint density at radius 1 is 1.05 bits per heavy atom. The summed E-state index contributed by atoms with van der Waals surface area (Å²) >= 11 is 0. The predicted molar refractivity (Wildman–Crippen MR) is 93.9 cm³/mol. The van der Waals surface area contributed by atoms with Gasteiger partial charge in [0.2, 0.25) is 0 Å². The summed E-state index contributed by atoms with van der Waals surface area (Å²) in [6.45, 7) is 7.30. The van der Waals surface area contributed by atoms with Gasteiger partial charge in [-0.25, -0.2) is 0 Å². The Morgan fingerprint density at radius 3 is 2.55 bits per heavy atom. The lowest BCUT2D eigenvalue weighted by Crippen LogP contribution is -2.50. The highest BCUT2D eigenvalue weighted by Crippen LogP contribution is 2.28. The second-order valence-corrected chi connectivity index (χ2v) is 7.44. The van der Waals surface area contributed by atoms with E-state index in [1.54, 1.807) is 0 Å². The van der Waals surface area contributed by atoms with Crippen LogP contribution >= 0.6 is 0 Å². The maximum absolute atomic E-state index is 3.82. The number of nitrogens with zero attached hydrogens (tertiary/aromatic N) is 1. The topological polar surface area (TPSA) is 15.3 Å². The third-order valence-electron chi connectivity index (χ3n) is 5.62. The summed E-state index contributed by atoms with van der Waals surface area (Å²) in [4.78, 5) is 2.76. The highest BCUT2D eigenvalue weighted by molar-refractivity contribution is 5.14. The normalized spacial score (nSPS) is 27.3. The van der Waals surface area contributed by atoms with E-state index in [0.717, 1.165) is 18.4 Å². The summed E-state index contributed by atoms with van der Waals surface area (Å²) in [6.07, 6.45) is 8.54. The molecule has 122 valence electrons. The lowest BCUT2D eigenvalue weighted by Gasteiger charge is -2.39. The van der Waals surface area contributed by atoms with Gasteiger partial charge in [0.1, 0.15) is 0 Å². The van der Waals surface area contributed by atoms with E-state index in [0.29, 0.717) is 6.04 Å². The summed E-state index contributed by atoms with van der Waals surface area (Å²) in [5.74, 6) is 1.86. The molecule has 1 aromatic rings. The quantitative estimate of drug-likeness (QED) is 0.852. The summed E-state index contributed by atoms with van der Waals surface area (Å²) in [7, 11) is 0. The summed E-state index contributed by atoms with van der Waals surface area (Å²) in [6, 6.07) is 11.5. The van der Waals surface area contributed by atoms with E-state index in [4.69, 9.17) is 0 Å². The van der Waals surface area contributed by atoms with Gasteiger partial charge in [-0.1, -0.05) is 56.5 Å². The molecule has 2 fully saturated rings. The van der Waals surface area contributed by atoms with Crippen molar-refractivity contribution < 1.29 is 0 Å². The predicted octanol–water partition coefficient (Wildman–Crippen LogP) is 4.07. The largest absolute Gasteiger partial charge is 0.309 e. The van der Waals surface area contributed by atoms with Crippen molar-refractivity contribution in [3.63, 3.8) is 0 Å². The molecule has 1 aliphatic carbocycles. The zero-order chi connectivity index (χ0) is 15.2. The van der Waals surface area contributed by atoms with E-state index >= 15 is 0 Å². The van der Waals surface area contributed by atoms with Crippen molar-refractivity contribution in [2.75, 3.05) is 19.6 Å². The molecule has 0 aromatic heterocycles. The van der Waals surface area contributed by atoms with Gasteiger partial charge in [-0.3, -0.25) is 0 Å². The van der Waals surface area contributed by atoms with Crippen molar-refractivity contribution in [2.24, 2.45) is 11.8 Å². The van der Waals surface area contributed by atoms with Crippen molar-refractivity contribution in [3.8, 4) is 0 Å². The highest BCUT2D eigenvalue weighted by Gasteiger charge is 2.28. The van der Waals surface area contributed by atoms with Gasteiger partial charge in [-0.2, -0.15) is 0 Å². The van der Waals surface area contributed by atoms with E-state index in [2.05, 4.69) is 47.5 Å². The number of piperidine rings is 1. The molecule has 2 nitrogen and oxygen atoms in total. The molecule has 1 aliphatic heterocycles. The lowest BCUT2D eigenvalue weighted by atomic mass is 9.91. The van der Waals surface area contributed by atoms with Gasteiger partial charge in [0, 0.05) is 32.2 Å². The lowest BCUT2D eigenvalue weighted by molar-refractivity contribution is 0.120. The molecule has 1 saturated heterocycles. The minimum atomic E-state index is 0.667. The van der Waals surface area contributed by atoms with Crippen LogP contribution < -0.4 is 5.32 Å². The summed E-state index contributed by atoms with van der Waals surface area (Å²) in [5.41, 5.74) is 1.41. The van der Waals surface area contributed by atoms with Crippen LogP contribution in [0.2, 0.25) is 0 Å². The first-order valence-electron chi connectivity index (χ1n) is 9.33. The molecule has 2 heteroatoms. The fourth-order valence-corrected chi connectivity index (χ4v) is 4.31. The second kappa shape index (κ2) is 8.12. The monoisotopic (exact) mass is 300 g/mol. The van der Waals surface area contributed by atoms with Crippen LogP contribution in [0.4, 0.5) is 0 Å². The van der Waals surface area contributed by atoms with Crippen molar-refractivity contribution in [2.45, 2.75) is 58.0 Å². The average Bonchev–Trinajstić information content (AvgIpc) is 3.06. The van der Waals surface area contributed by atoms with Crippen molar-refractivity contribution in [3.05, 3.63) is 35.9 Å². The Balaban J connectivity index is 1.51. The first-order valence-corrected chi connectivity index (χ1v) is 9.33. The molecule has 0 spiro atoms. The van der Waals surface area contributed by atoms with Gasteiger partial charge in [0.25, 0.3) is 0 Å². The zero-order valence-corrected chi connectivity index (χ0v) is 14.1. The molecule has 1 saturated carbocycles. The van der Waals surface area contributed by atoms with Crippen molar-refractivity contribution >= 4 is 0 Å². The maximum atomic E-state index is 3.82. The highest BCUT2D eigenvalue weighted by atomic mass is 15.2. The molecule has 2 unspecified atom stereocenters. The van der Waals surface area contributed by atoms with Gasteiger partial charge in [-0.05, 0) is 36.7 Å². The smallest absolute Gasteiger partial charge is 0.0208 e. The third kappa shape index (κ3) is 4.57. The van der Waals surface area contributed by atoms with E-state index < -0.39 is 0 Å². The van der Waals surface area contributed by atoms with Crippen molar-refractivity contribution in [1.82, 2.24) is 10.2 Å². The van der Waals surface area contributed by atoms with Crippen LogP contribution in [0.1, 0.15) is 51.0 Å². The molecule has 1 N–H and O–H groups in total. The first kappa shape index (κ1) is 16.0. The molecular formula is C20H32N2. The second-order valence-electron chi connectivity index (χ2n) is 7.44. The van der Waals surface area contributed by atoms with Crippen LogP contribution in [-0.4, -0.2) is 30.6 Å². The van der Waals surface area contributed by atoms with E-state index in [9.17, 15) is 0 Å². The van der Waals surface area contributed by atoms with Crippen LogP contribution in [0.25, 0.3) is 0 Å². The Morgan fingerprint density at radius 2 is 1.82 bits per heavy atom. The summed E-state index contributed by atoms with van der Waals surface area (Å²) in [5, 5.41) is 3.82. The molecule has 3 rings (SSSR count). The SMILES string of the molecule is CCC1CC(NCc2ccccc2)CN(CC2CCCC2)C1. The van der Waals surface area contributed by atoms with Crippen LogP contribution in [-0.2, 0) is 6.54 Å². The van der Waals surface area contributed by atoms with Gasteiger partial charge < -0.3 is 10.2 Å². The maximum Gasteiger partial charge on any atom is 0.0208 e. The van der Waals surface area contributed by atoms with Gasteiger partial charge >= 0.3 is 0 Å². The zero-order valence-electron chi connectivity index (χ0n) is 14.1. The average molecular weight is 300 g/mol. The Hall–Kier alpha value is -0.860. The molecule has 0 radical (unpaired) electrons. The fraction of sp³-hybridized carbons (Fsp3) is 0.700. The minimum Gasteiger partial charge on any atom is -0.309 e. The van der Waals surface area contributed by atoms with Crippen LogP contribution in [0, 0.1) is 11.8 Å². The Bertz CT molecular complexity index is 425. The molecule has 2 atom stereocenters. The van der Waals surface area contributed by atoms with Crippen LogP contribution in [0.5, 0.6) is 0 Å². The summed E-state index contributed by atoms with van der Waals surface area (Å²) < 4.78 is 0. The van der Waals surface area contributed by atoms with Gasteiger partial charge in [-0.15, -0.1) is 0 Å². The van der Waals surface area contributed by atoms with Gasteiger partial charge in [0.15, 0.2) is 0 Å². The van der Waals surface area contributed by atoms with Crippen LogP contribution in [0.3, 0.4) is 0 Å². The number of hydrogen-bond donors (Lipinski definition) is 1. The van der Waals surface area contributed by atoms with Gasteiger partial charge in [0.05, 0.1) is 0 Å². The number of benzene rings is 1. The van der Waals surface area contributed by atoms with E-state index in [-0.39, 0.29) is 0 Å². The third-order valence-corrected chi connectivity index (χ3v) is 5.62. The number of rotatable bonds is 6. The van der Waals surface area contributed by atoms with Crippen LogP contribution in [0.15, 0.2) is 30.3 Å². The van der Waals surface area contributed by atoms with Crippen molar-refractivity contribution in [1.29, 1.82) is 0 Å². The standard InChI is InChI=1S/C20H32N2/c1-2-17-12-20(21-13-18-8-4-3-5-9-18)16-22(14-17)15-19-10-6-7-11-19/h3-5,8-9,17,19-21H,2,6-7,10-16H2,1H3. The Kier molecular flexibility index (Phi) is 5.91. The molecule has 1 heterocycles. The van der Waals surface area contributed by atoms with E-state index in [1.807, 2.05) is 0 Å². The molecule has 1 aromatic carbocycles. The number of nitrogens with one attached hydrogen (secondary N) is 1. The molecule has 0 amide bonds. The first-order chi connectivity index (χ1) is 10.8. The fourth-order valence-electron chi connectivity index (χ4n) is 4.31. The number of hydrogen-bond acceptors (Lipinski definition) is 2. The molecular weight excluding hydrogens is 268 g/mol. The van der Waals surface area contributed by atoms with E-state index in [1.165, 1.54) is 63.7 Å². The molecule has 2 aliphatic rings. The Labute approximate surface area is 136 Å². The minimum absolute atomic E-state index is 0.667. The number of likely N-dealkylation sites (tertiary alicyclic amines) is 1.